The van der Waals surface area contributed by atoms with E-state index in [1.165, 1.54) is 0 Å². The van der Waals surface area contributed by atoms with Crippen LogP contribution in [-0.4, -0.2) is 11.1 Å². The first-order valence-corrected chi connectivity index (χ1v) is 5.70. The summed E-state index contributed by atoms with van der Waals surface area (Å²) < 4.78 is 0. The molecule has 0 radical (unpaired) electrons. The molecule has 0 aliphatic heterocycles. The quantitative estimate of drug-likeness (QED) is 0.448. The fourth-order valence-corrected chi connectivity index (χ4v) is 1.27. The molecule has 0 atom stereocenters. The summed E-state index contributed by atoms with van der Waals surface area (Å²) >= 11 is 0. The van der Waals surface area contributed by atoms with E-state index < -0.39 is 5.97 Å². The number of hydrogen-bond acceptors (Lipinski definition) is 3. The van der Waals surface area contributed by atoms with Crippen molar-refractivity contribution in [3.63, 3.8) is 0 Å². The first-order chi connectivity index (χ1) is 9.22. The van der Waals surface area contributed by atoms with E-state index in [1.54, 1.807) is 6.08 Å². The van der Waals surface area contributed by atoms with Gasteiger partial charge < -0.3 is 10.5 Å². The van der Waals surface area contributed by atoms with Crippen LogP contribution < -0.4 is 11.3 Å². The van der Waals surface area contributed by atoms with Crippen molar-refractivity contribution in [2.24, 2.45) is 5.84 Å². The zero-order valence-electron chi connectivity index (χ0n) is 10.4. The second kappa shape index (κ2) is 8.49. The predicted molar refractivity (Wildman–Crippen MR) is 77.4 cm³/mol. The van der Waals surface area contributed by atoms with Gasteiger partial charge in [-0.1, -0.05) is 48.5 Å². The molecular formula is C15H16N2O2. The minimum atomic E-state index is -0.922. The number of nitrogens with one attached hydrogen (secondary N) is 1. The largest absolute Gasteiger partial charge is 0.478 e. The molecule has 0 spiro atoms. The Bertz CT molecular complexity index is 510. The number of nitrogens with two attached hydrogens (primary N) is 1. The highest BCUT2D eigenvalue weighted by Crippen LogP contribution is 2.01. The monoisotopic (exact) mass is 256 g/mol. The summed E-state index contributed by atoms with van der Waals surface area (Å²) in [6.45, 7) is 0. The summed E-state index contributed by atoms with van der Waals surface area (Å²) in [6.07, 6.45) is 2.68. The highest BCUT2D eigenvalue weighted by Gasteiger charge is 1.86. The molecule has 4 heteroatoms. The second-order valence-corrected chi connectivity index (χ2v) is 3.59. The van der Waals surface area contributed by atoms with E-state index >= 15 is 0 Å². The normalized spacial score (nSPS) is 9.53. The number of benzene rings is 2. The highest BCUT2D eigenvalue weighted by molar-refractivity contribution is 5.85. The van der Waals surface area contributed by atoms with Crippen LogP contribution in [0.15, 0.2) is 66.7 Å². The van der Waals surface area contributed by atoms with Crippen molar-refractivity contribution in [1.82, 2.24) is 0 Å². The summed E-state index contributed by atoms with van der Waals surface area (Å²) in [6, 6.07) is 18.9. The molecular weight excluding hydrogens is 240 g/mol. The lowest BCUT2D eigenvalue weighted by atomic mass is 10.2. The van der Waals surface area contributed by atoms with Crippen LogP contribution in [0.25, 0.3) is 6.08 Å². The van der Waals surface area contributed by atoms with Gasteiger partial charge in [-0.15, -0.1) is 0 Å². The third kappa shape index (κ3) is 6.65. The minimum absolute atomic E-state index is 0.898. The summed E-state index contributed by atoms with van der Waals surface area (Å²) in [5, 5.41) is 8.29. The molecule has 0 fully saturated rings. The van der Waals surface area contributed by atoms with Gasteiger partial charge in [0.05, 0.1) is 0 Å². The Balaban J connectivity index is 0.000000200. The molecule has 2 aromatic rings. The smallest absolute Gasteiger partial charge is 0.328 e. The molecule has 19 heavy (non-hydrogen) atoms. The molecule has 0 saturated heterocycles. The van der Waals surface area contributed by atoms with Crippen LogP contribution in [0, 0.1) is 0 Å². The van der Waals surface area contributed by atoms with Gasteiger partial charge in [0.2, 0.25) is 0 Å². The molecule has 2 aromatic carbocycles. The zero-order chi connectivity index (χ0) is 13.9. The van der Waals surface area contributed by atoms with Gasteiger partial charge in [-0.05, 0) is 23.8 Å². The van der Waals surface area contributed by atoms with Crippen molar-refractivity contribution in [1.29, 1.82) is 0 Å². The lowest BCUT2D eigenvalue weighted by Gasteiger charge is -1.94. The molecule has 0 bridgehead atoms. The number of hydrogen-bond donors (Lipinski definition) is 3. The van der Waals surface area contributed by atoms with Crippen LogP contribution in [0.2, 0.25) is 0 Å². The van der Waals surface area contributed by atoms with Crippen LogP contribution in [0.4, 0.5) is 5.69 Å². The number of hydrazine groups is 1. The van der Waals surface area contributed by atoms with E-state index in [-0.39, 0.29) is 0 Å². The Hall–Kier alpha value is -2.59. The van der Waals surface area contributed by atoms with Crippen LogP contribution >= 0.6 is 0 Å². The third-order valence-electron chi connectivity index (χ3n) is 2.16. The second-order valence-electron chi connectivity index (χ2n) is 3.59. The molecule has 0 aromatic heterocycles. The minimum Gasteiger partial charge on any atom is -0.478 e. The van der Waals surface area contributed by atoms with Crippen LogP contribution in [-0.2, 0) is 4.79 Å². The van der Waals surface area contributed by atoms with Gasteiger partial charge in [-0.2, -0.15) is 0 Å². The van der Waals surface area contributed by atoms with Gasteiger partial charge in [-0.25, -0.2) is 4.79 Å². The number of aliphatic carboxylic acids is 1. The fraction of sp³-hybridized carbons (Fsp3) is 0. The predicted octanol–water partition coefficient (Wildman–Crippen LogP) is 2.76. The molecule has 0 aliphatic rings. The summed E-state index contributed by atoms with van der Waals surface area (Å²) in [7, 11) is 0. The van der Waals surface area contributed by atoms with Crippen molar-refractivity contribution >= 4 is 17.7 Å². The van der Waals surface area contributed by atoms with Gasteiger partial charge in [0.25, 0.3) is 0 Å². The SMILES string of the molecule is NNc1ccccc1.O=C(O)C=Cc1ccccc1. The van der Waals surface area contributed by atoms with E-state index in [0.717, 1.165) is 17.3 Å². The number of para-hydroxylation sites is 1. The number of carboxylic acid groups (broad SMARTS) is 1. The standard InChI is InChI=1S/C9H8O2.C6H8N2/c10-9(11)7-6-8-4-2-1-3-5-8;7-8-6-4-2-1-3-5-6/h1-7H,(H,10,11);1-5,8H,7H2. The van der Waals surface area contributed by atoms with Crippen LogP contribution in [0.5, 0.6) is 0 Å². The molecule has 4 N–H and O–H groups in total. The zero-order valence-corrected chi connectivity index (χ0v) is 10.4. The van der Waals surface area contributed by atoms with E-state index in [4.69, 9.17) is 10.9 Å². The summed E-state index contributed by atoms with van der Waals surface area (Å²) in [5.41, 5.74) is 4.36. The Morgan fingerprint density at radius 3 is 1.95 bits per heavy atom. The first-order valence-electron chi connectivity index (χ1n) is 5.70. The van der Waals surface area contributed by atoms with Crippen molar-refractivity contribution in [2.45, 2.75) is 0 Å². The summed E-state index contributed by atoms with van der Waals surface area (Å²) in [4.78, 5) is 10.1. The maximum atomic E-state index is 10.1. The first kappa shape index (κ1) is 14.5. The molecule has 0 aliphatic carbocycles. The maximum Gasteiger partial charge on any atom is 0.328 e. The molecule has 2 rings (SSSR count). The number of rotatable bonds is 3. The van der Waals surface area contributed by atoms with E-state index in [1.807, 2.05) is 60.7 Å². The average molecular weight is 256 g/mol. The molecule has 0 saturated carbocycles. The Kier molecular flexibility index (Phi) is 6.47. The lowest BCUT2D eigenvalue weighted by Crippen LogP contribution is -2.05. The molecule has 0 unspecified atom stereocenters. The fourth-order valence-electron chi connectivity index (χ4n) is 1.27. The van der Waals surface area contributed by atoms with Crippen molar-refractivity contribution in [3.8, 4) is 0 Å². The van der Waals surface area contributed by atoms with Gasteiger partial charge >= 0.3 is 5.97 Å². The molecule has 0 amide bonds. The van der Waals surface area contributed by atoms with Gasteiger partial charge in [0.15, 0.2) is 0 Å². The number of carboxylic acids is 1. The third-order valence-corrected chi connectivity index (χ3v) is 2.16. The van der Waals surface area contributed by atoms with Gasteiger partial charge in [0, 0.05) is 11.8 Å². The Morgan fingerprint density at radius 1 is 1.00 bits per heavy atom. The molecule has 4 nitrogen and oxygen atoms in total. The van der Waals surface area contributed by atoms with Gasteiger partial charge in [-0.3, -0.25) is 5.84 Å². The molecule has 98 valence electrons. The van der Waals surface area contributed by atoms with E-state index in [0.29, 0.717) is 0 Å². The number of carbonyl (C=O) groups is 1. The van der Waals surface area contributed by atoms with Crippen molar-refractivity contribution in [3.05, 3.63) is 72.3 Å². The van der Waals surface area contributed by atoms with E-state index in [9.17, 15) is 4.79 Å². The summed E-state index contributed by atoms with van der Waals surface area (Å²) in [5.74, 6) is 4.18. The highest BCUT2D eigenvalue weighted by atomic mass is 16.4. The number of nitrogen functional groups attached to an aromatic ring is 1. The van der Waals surface area contributed by atoms with Crippen molar-refractivity contribution < 1.29 is 9.90 Å². The van der Waals surface area contributed by atoms with Crippen LogP contribution in [0.1, 0.15) is 5.56 Å². The lowest BCUT2D eigenvalue weighted by molar-refractivity contribution is -0.131. The average Bonchev–Trinajstić information content (AvgIpc) is 2.48. The number of anilines is 1. The topological polar surface area (TPSA) is 75.3 Å². The van der Waals surface area contributed by atoms with Crippen molar-refractivity contribution in [2.75, 3.05) is 5.43 Å². The maximum absolute atomic E-state index is 10.1. The van der Waals surface area contributed by atoms with Gasteiger partial charge in [0.1, 0.15) is 0 Å². The van der Waals surface area contributed by atoms with E-state index in [2.05, 4.69) is 5.43 Å². The Morgan fingerprint density at radius 2 is 1.53 bits per heavy atom. The Labute approximate surface area is 112 Å². The molecule has 0 heterocycles. The van der Waals surface area contributed by atoms with Crippen LogP contribution in [0.3, 0.4) is 0 Å².